The summed E-state index contributed by atoms with van der Waals surface area (Å²) in [5.74, 6) is -0.963. The molecule has 0 bridgehead atoms. The molecule has 3 nitrogen and oxygen atoms in total. The van der Waals surface area contributed by atoms with Crippen molar-refractivity contribution >= 4 is 13.2 Å². The molecule has 0 aliphatic rings. The van der Waals surface area contributed by atoms with E-state index in [1.807, 2.05) is 0 Å². The van der Waals surface area contributed by atoms with Crippen LogP contribution in [0.4, 0.5) is 0 Å². The minimum atomic E-state index is -0.963. The van der Waals surface area contributed by atoms with Crippen molar-refractivity contribution in [2.75, 3.05) is 24.6 Å². The van der Waals surface area contributed by atoms with Gasteiger partial charge in [0.05, 0.1) is 0 Å². The third-order valence-corrected chi connectivity index (χ3v) is 10.3. The predicted molar refractivity (Wildman–Crippen MR) is 109 cm³/mol. The first kappa shape index (κ1) is 25.1. The molecular weight excluding hydrogens is 305 g/mol. The van der Waals surface area contributed by atoms with E-state index in [2.05, 4.69) is 27.7 Å². The molecule has 0 radical (unpaired) electrons. The number of aliphatic carboxylic acids is 1. The summed E-state index contributed by atoms with van der Waals surface area (Å²) in [7, 11) is -0.879. The van der Waals surface area contributed by atoms with Crippen molar-refractivity contribution < 1.29 is 9.90 Å². The van der Waals surface area contributed by atoms with Crippen LogP contribution in [0, 0.1) is 0 Å². The average molecular weight is 350 g/mol. The quantitative estimate of drug-likeness (QED) is 0.440. The van der Waals surface area contributed by atoms with Crippen molar-refractivity contribution in [1.82, 2.24) is 0 Å². The van der Waals surface area contributed by atoms with Gasteiger partial charge < -0.3 is 10.8 Å². The third kappa shape index (κ3) is 15.1. The van der Waals surface area contributed by atoms with E-state index in [-0.39, 0.29) is 0 Å². The summed E-state index contributed by atoms with van der Waals surface area (Å²) in [4.78, 5) is 9.57. The Morgan fingerprint density at radius 3 is 1.17 bits per heavy atom. The number of carbonyl (C=O) groups is 1. The Kier molecular flexibility index (Phi) is 18.2. The average Bonchev–Trinajstić information content (AvgIpc) is 2.54. The zero-order valence-electron chi connectivity index (χ0n) is 16.5. The van der Waals surface area contributed by atoms with E-state index >= 15 is 0 Å². The molecule has 0 rings (SSSR count). The SMILES string of the molecule is CC(N)C(=O)O.CCCC[PH](CCCC)(CCCC)CCCC. The number of carboxylic acids is 1. The molecule has 0 aromatic carbocycles. The minimum absolute atomic E-state index is 0.731. The fourth-order valence-corrected chi connectivity index (χ4v) is 8.87. The van der Waals surface area contributed by atoms with E-state index in [9.17, 15) is 4.79 Å². The van der Waals surface area contributed by atoms with Crippen molar-refractivity contribution in [3.8, 4) is 0 Å². The van der Waals surface area contributed by atoms with Gasteiger partial charge in [-0.25, -0.2) is 0 Å². The van der Waals surface area contributed by atoms with Gasteiger partial charge in [-0.2, -0.15) is 0 Å². The molecule has 0 aliphatic carbocycles. The van der Waals surface area contributed by atoms with Crippen LogP contribution >= 0.6 is 7.26 Å². The van der Waals surface area contributed by atoms with Crippen molar-refractivity contribution in [2.24, 2.45) is 5.73 Å². The van der Waals surface area contributed by atoms with E-state index in [0.29, 0.717) is 0 Å². The Balaban J connectivity index is 0. The van der Waals surface area contributed by atoms with Crippen molar-refractivity contribution in [3.05, 3.63) is 0 Å². The number of hydrogen-bond acceptors (Lipinski definition) is 2. The standard InChI is InChI=1S/C16H37P.C3H7NO2/c1-5-9-13-17(14-10-6-2,15-11-7-3)16-12-8-4;1-2(4)3(5)6/h17H,5-16H2,1-4H3;2H,4H2,1H3,(H,5,6). The molecule has 4 heteroatoms. The summed E-state index contributed by atoms with van der Waals surface area (Å²) in [5.41, 5.74) is 4.84. The Morgan fingerprint density at radius 2 is 1.04 bits per heavy atom. The van der Waals surface area contributed by atoms with Gasteiger partial charge in [0.2, 0.25) is 0 Å². The number of carboxylic acid groups (broad SMARTS) is 1. The van der Waals surface area contributed by atoms with Gasteiger partial charge in [0.1, 0.15) is 6.04 Å². The summed E-state index contributed by atoms with van der Waals surface area (Å²) >= 11 is 0. The molecule has 0 heterocycles. The molecule has 0 spiro atoms. The van der Waals surface area contributed by atoms with Crippen LogP contribution in [0.15, 0.2) is 0 Å². The van der Waals surface area contributed by atoms with E-state index in [4.69, 9.17) is 10.8 Å². The topological polar surface area (TPSA) is 63.3 Å². The molecule has 0 aromatic rings. The zero-order chi connectivity index (χ0) is 18.1. The second kappa shape index (κ2) is 16.7. The van der Waals surface area contributed by atoms with Gasteiger partial charge >= 0.3 is 117 Å². The Morgan fingerprint density at radius 1 is 0.826 bits per heavy atom. The summed E-state index contributed by atoms with van der Waals surface area (Å²) in [6.07, 6.45) is 18.1. The molecule has 1 unspecified atom stereocenters. The summed E-state index contributed by atoms with van der Waals surface area (Å²) in [6.45, 7) is 10.9. The predicted octanol–water partition coefficient (Wildman–Crippen LogP) is 5.35. The van der Waals surface area contributed by atoms with Crippen LogP contribution in [0.2, 0.25) is 0 Å². The van der Waals surface area contributed by atoms with Crippen molar-refractivity contribution in [1.29, 1.82) is 0 Å². The monoisotopic (exact) mass is 349 g/mol. The molecule has 0 saturated carbocycles. The van der Waals surface area contributed by atoms with Gasteiger partial charge in [-0.1, -0.05) is 0 Å². The van der Waals surface area contributed by atoms with Crippen molar-refractivity contribution in [3.63, 3.8) is 0 Å². The molecule has 1 atom stereocenters. The van der Waals surface area contributed by atoms with E-state index in [1.165, 1.54) is 58.3 Å². The van der Waals surface area contributed by atoms with Crippen LogP contribution in [0.3, 0.4) is 0 Å². The Hall–Kier alpha value is -0.140. The van der Waals surface area contributed by atoms with Gasteiger partial charge in [-0.05, 0) is 6.92 Å². The fourth-order valence-electron chi connectivity index (χ4n) is 2.96. The first-order valence-electron chi connectivity index (χ1n) is 9.87. The summed E-state index contributed by atoms with van der Waals surface area (Å²) in [6, 6.07) is -0.731. The maximum atomic E-state index is 9.57. The number of nitrogens with two attached hydrogens (primary N) is 1. The molecule has 0 fully saturated rings. The second-order valence-electron chi connectivity index (χ2n) is 7.04. The van der Waals surface area contributed by atoms with Gasteiger partial charge in [-0.3, -0.25) is 4.79 Å². The summed E-state index contributed by atoms with van der Waals surface area (Å²) in [5, 5.41) is 7.87. The first-order valence-corrected chi connectivity index (χ1v) is 12.7. The second-order valence-corrected chi connectivity index (χ2v) is 12.0. The molecule has 23 heavy (non-hydrogen) atoms. The van der Waals surface area contributed by atoms with E-state index in [0.717, 1.165) is 0 Å². The Labute approximate surface area is 146 Å². The van der Waals surface area contributed by atoms with Crippen LogP contribution in [0.1, 0.15) is 86.0 Å². The van der Waals surface area contributed by atoms with Gasteiger partial charge in [0, 0.05) is 0 Å². The number of hydrogen-bond donors (Lipinski definition) is 2. The van der Waals surface area contributed by atoms with Crippen LogP contribution in [0.25, 0.3) is 0 Å². The molecule has 0 aromatic heterocycles. The van der Waals surface area contributed by atoms with E-state index in [1.54, 1.807) is 24.6 Å². The third-order valence-electron chi connectivity index (χ3n) is 4.63. The fraction of sp³-hybridized carbons (Fsp3) is 0.947. The van der Waals surface area contributed by atoms with Crippen LogP contribution in [-0.4, -0.2) is 41.8 Å². The van der Waals surface area contributed by atoms with Crippen LogP contribution < -0.4 is 5.73 Å². The van der Waals surface area contributed by atoms with Crippen LogP contribution in [-0.2, 0) is 4.79 Å². The molecule has 3 N–H and O–H groups in total. The first-order chi connectivity index (χ1) is 10.9. The maximum absolute atomic E-state index is 9.57. The van der Waals surface area contributed by atoms with Crippen molar-refractivity contribution in [2.45, 2.75) is 92.0 Å². The molecule has 0 aliphatic heterocycles. The van der Waals surface area contributed by atoms with E-state index < -0.39 is 19.3 Å². The zero-order valence-corrected chi connectivity index (χ0v) is 17.5. The molecular formula is C19H44NO2P. The molecule has 0 amide bonds. The number of rotatable bonds is 13. The summed E-state index contributed by atoms with van der Waals surface area (Å²) < 4.78 is 0. The molecule has 0 saturated heterocycles. The van der Waals surface area contributed by atoms with Gasteiger partial charge in [0.25, 0.3) is 0 Å². The van der Waals surface area contributed by atoms with Gasteiger partial charge in [-0.15, -0.1) is 0 Å². The van der Waals surface area contributed by atoms with Crippen LogP contribution in [0.5, 0.6) is 0 Å². The molecule has 142 valence electrons. The normalized spacial score (nSPS) is 13.1. The Bertz CT molecular complexity index is 233. The number of unbranched alkanes of at least 4 members (excludes halogenated alkanes) is 4. The van der Waals surface area contributed by atoms with Gasteiger partial charge in [0.15, 0.2) is 0 Å².